The van der Waals surface area contributed by atoms with E-state index in [-0.39, 0.29) is 17.6 Å². The van der Waals surface area contributed by atoms with E-state index < -0.39 is 23.1 Å². The lowest BCUT2D eigenvalue weighted by atomic mass is 10.2. The van der Waals surface area contributed by atoms with Crippen molar-refractivity contribution in [3.05, 3.63) is 33.8 Å². The Balaban J connectivity index is 2.98. The van der Waals surface area contributed by atoms with Crippen LogP contribution in [0.4, 0.5) is 8.78 Å². The number of hydrogen-bond donors (Lipinski definition) is 2. The molecule has 0 unspecified atom stereocenters. The van der Waals surface area contributed by atoms with Crippen LogP contribution in [0.15, 0.2) is 16.6 Å². The van der Waals surface area contributed by atoms with Gasteiger partial charge in [0.2, 0.25) is 0 Å². The van der Waals surface area contributed by atoms with Crippen LogP contribution in [-0.2, 0) is 0 Å². The molecule has 0 aromatic heterocycles. The van der Waals surface area contributed by atoms with E-state index in [9.17, 15) is 13.6 Å². The number of rotatable bonds is 3. The summed E-state index contributed by atoms with van der Waals surface area (Å²) in [7, 11) is 0. The van der Waals surface area contributed by atoms with E-state index in [2.05, 4.69) is 21.2 Å². The van der Waals surface area contributed by atoms with Gasteiger partial charge in [-0.3, -0.25) is 4.79 Å². The third-order valence-corrected chi connectivity index (χ3v) is 2.12. The molecular weight excluding hydrogens is 270 g/mol. The number of amides is 1. The first-order valence-electron chi connectivity index (χ1n) is 4.19. The highest BCUT2D eigenvalue weighted by atomic mass is 79.9. The maximum Gasteiger partial charge on any atom is 0.257 e. The monoisotopic (exact) mass is 278 g/mol. The van der Waals surface area contributed by atoms with Crippen molar-refractivity contribution in [2.24, 2.45) is 5.73 Å². The molecule has 0 atom stereocenters. The molecule has 1 aromatic carbocycles. The average Bonchev–Trinajstić information content (AvgIpc) is 2.12. The van der Waals surface area contributed by atoms with Crippen molar-refractivity contribution in [3.63, 3.8) is 0 Å². The number of carbonyl (C=O) groups is 1. The summed E-state index contributed by atoms with van der Waals surface area (Å²) in [6.45, 7) is 0.388. The van der Waals surface area contributed by atoms with Gasteiger partial charge in [0.15, 0.2) is 0 Å². The molecule has 0 radical (unpaired) electrons. The van der Waals surface area contributed by atoms with Crippen LogP contribution in [0, 0.1) is 11.6 Å². The molecule has 3 nitrogen and oxygen atoms in total. The number of nitrogens with one attached hydrogen (secondary N) is 1. The minimum atomic E-state index is -0.906. The van der Waals surface area contributed by atoms with Gasteiger partial charge >= 0.3 is 0 Å². The molecule has 3 N–H and O–H groups in total. The van der Waals surface area contributed by atoms with Crippen molar-refractivity contribution in [2.75, 3.05) is 13.1 Å². The molecule has 0 aliphatic carbocycles. The first-order valence-corrected chi connectivity index (χ1v) is 4.98. The van der Waals surface area contributed by atoms with Crippen LogP contribution in [0.5, 0.6) is 0 Å². The highest BCUT2D eigenvalue weighted by molar-refractivity contribution is 9.10. The molecule has 6 heteroatoms. The minimum absolute atomic E-state index is 0.174. The predicted octanol–water partition coefficient (Wildman–Crippen LogP) is 1.42. The molecule has 0 heterocycles. The van der Waals surface area contributed by atoms with Crippen molar-refractivity contribution in [1.82, 2.24) is 5.32 Å². The molecule has 1 aromatic rings. The quantitative estimate of drug-likeness (QED) is 0.879. The van der Waals surface area contributed by atoms with Crippen molar-refractivity contribution >= 4 is 21.8 Å². The van der Waals surface area contributed by atoms with Crippen LogP contribution in [-0.4, -0.2) is 19.0 Å². The molecule has 0 saturated carbocycles. The molecule has 0 aliphatic heterocycles. The molecule has 0 saturated heterocycles. The molecule has 0 aliphatic rings. The van der Waals surface area contributed by atoms with Crippen LogP contribution in [0.25, 0.3) is 0 Å². The average molecular weight is 279 g/mol. The lowest BCUT2D eigenvalue weighted by Crippen LogP contribution is -2.30. The van der Waals surface area contributed by atoms with E-state index in [1.54, 1.807) is 0 Å². The zero-order valence-corrected chi connectivity index (χ0v) is 9.27. The van der Waals surface area contributed by atoms with Crippen LogP contribution >= 0.6 is 15.9 Å². The van der Waals surface area contributed by atoms with Crippen LogP contribution < -0.4 is 11.1 Å². The fraction of sp³-hybridized carbons (Fsp3) is 0.222. The van der Waals surface area contributed by atoms with Gasteiger partial charge in [0, 0.05) is 17.6 Å². The number of carbonyl (C=O) groups excluding carboxylic acids is 1. The summed E-state index contributed by atoms with van der Waals surface area (Å²) >= 11 is 2.92. The molecule has 0 fully saturated rings. The Kier molecular flexibility index (Phi) is 4.16. The van der Waals surface area contributed by atoms with Crippen molar-refractivity contribution < 1.29 is 13.6 Å². The van der Waals surface area contributed by atoms with E-state index in [4.69, 9.17) is 5.73 Å². The third kappa shape index (κ3) is 2.97. The standard InChI is InChI=1S/C9H9BrF2N2O/c10-5-3-6(11)8(7(12)4-5)9(15)14-2-1-13/h3-4H,1-2,13H2,(H,14,15). The maximum atomic E-state index is 13.2. The van der Waals surface area contributed by atoms with Gasteiger partial charge in [-0.25, -0.2) is 8.78 Å². The van der Waals surface area contributed by atoms with Crippen LogP contribution in [0.3, 0.4) is 0 Å². The van der Waals surface area contributed by atoms with E-state index in [1.807, 2.05) is 0 Å². The second kappa shape index (κ2) is 5.18. The van der Waals surface area contributed by atoms with Crippen LogP contribution in [0.1, 0.15) is 10.4 Å². The predicted molar refractivity (Wildman–Crippen MR) is 55.4 cm³/mol. The Morgan fingerprint density at radius 3 is 2.40 bits per heavy atom. The largest absolute Gasteiger partial charge is 0.351 e. The summed E-state index contributed by atoms with van der Waals surface area (Å²) in [6.07, 6.45) is 0. The number of hydrogen-bond acceptors (Lipinski definition) is 2. The normalized spacial score (nSPS) is 10.1. The molecule has 82 valence electrons. The maximum absolute atomic E-state index is 13.2. The van der Waals surface area contributed by atoms with Crippen molar-refractivity contribution in [3.8, 4) is 0 Å². The number of nitrogens with two attached hydrogens (primary N) is 1. The first kappa shape index (κ1) is 12.1. The Morgan fingerprint density at radius 2 is 1.93 bits per heavy atom. The Hall–Kier alpha value is -1.01. The van der Waals surface area contributed by atoms with E-state index in [0.29, 0.717) is 0 Å². The van der Waals surface area contributed by atoms with Gasteiger partial charge in [0.1, 0.15) is 17.2 Å². The highest BCUT2D eigenvalue weighted by Gasteiger charge is 2.17. The Bertz CT molecular complexity index is 361. The molecule has 0 bridgehead atoms. The highest BCUT2D eigenvalue weighted by Crippen LogP contribution is 2.19. The smallest absolute Gasteiger partial charge is 0.257 e. The number of halogens is 3. The summed E-state index contributed by atoms with van der Waals surface area (Å²) in [5.74, 6) is -2.62. The fourth-order valence-corrected chi connectivity index (χ4v) is 1.44. The Morgan fingerprint density at radius 1 is 1.40 bits per heavy atom. The lowest BCUT2D eigenvalue weighted by molar-refractivity contribution is 0.0946. The van der Waals surface area contributed by atoms with Gasteiger partial charge in [-0.1, -0.05) is 15.9 Å². The van der Waals surface area contributed by atoms with Gasteiger partial charge in [-0.2, -0.15) is 0 Å². The molecule has 1 rings (SSSR count). The van der Waals surface area contributed by atoms with Gasteiger partial charge < -0.3 is 11.1 Å². The molecule has 15 heavy (non-hydrogen) atoms. The van der Waals surface area contributed by atoms with Gasteiger partial charge in [0.05, 0.1) is 0 Å². The third-order valence-electron chi connectivity index (χ3n) is 1.66. The summed E-state index contributed by atoms with van der Waals surface area (Å²) in [6, 6.07) is 2.06. The van der Waals surface area contributed by atoms with Crippen LogP contribution in [0.2, 0.25) is 0 Å². The summed E-state index contributed by atoms with van der Waals surface area (Å²) in [4.78, 5) is 11.3. The minimum Gasteiger partial charge on any atom is -0.351 e. The molecule has 0 spiro atoms. The van der Waals surface area contributed by atoms with Gasteiger partial charge in [0.25, 0.3) is 5.91 Å². The topological polar surface area (TPSA) is 55.1 Å². The van der Waals surface area contributed by atoms with E-state index in [0.717, 1.165) is 12.1 Å². The first-order chi connectivity index (χ1) is 7.06. The van der Waals surface area contributed by atoms with E-state index in [1.165, 1.54) is 0 Å². The number of benzene rings is 1. The van der Waals surface area contributed by atoms with Crippen molar-refractivity contribution in [2.45, 2.75) is 0 Å². The zero-order valence-electron chi connectivity index (χ0n) is 7.69. The summed E-state index contributed by atoms with van der Waals surface area (Å²) in [5.41, 5.74) is 4.55. The molecule has 1 amide bonds. The Labute approximate surface area is 93.8 Å². The van der Waals surface area contributed by atoms with E-state index >= 15 is 0 Å². The van der Waals surface area contributed by atoms with Gasteiger partial charge in [-0.05, 0) is 12.1 Å². The van der Waals surface area contributed by atoms with Gasteiger partial charge in [-0.15, -0.1) is 0 Å². The van der Waals surface area contributed by atoms with Crippen molar-refractivity contribution in [1.29, 1.82) is 0 Å². The molecular formula is C9H9BrF2N2O. The fourth-order valence-electron chi connectivity index (χ4n) is 1.03. The second-order valence-electron chi connectivity index (χ2n) is 2.79. The lowest BCUT2D eigenvalue weighted by Gasteiger charge is -2.06. The summed E-state index contributed by atoms with van der Waals surface area (Å²) < 4.78 is 26.7. The summed E-state index contributed by atoms with van der Waals surface area (Å²) in [5, 5.41) is 2.29. The zero-order chi connectivity index (χ0) is 11.4. The SMILES string of the molecule is NCCNC(=O)c1c(F)cc(Br)cc1F. The second-order valence-corrected chi connectivity index (χ2v) is 3.70.